The van der Waals surface area contributed by atoms with Crippen molar-refractivity contribution in [1.29, 1.82) is 0 Å². The van der Waals surface area contributed by atoms with Crippen LogP contribution in [0.5, 0.6) is 0 Å². The molecule has 0 radical (unpaired) electrons. The van der Waals surface area contributed by atoms with Crippen LogP contribution in [0, 0.1) is 0 Å². The molecular formula is C28H24ClN3O6. The Hall–Kier alpha value is -4.21. The van der Waals surface area contributed by atoms with Crippen LogP contribution in [-0.4, -0.2) is 48.1 Å². The van der Waals surface area contributed by atoms with Crippen molar-refractivity contribution in [2.45, 2.75) is 24.5 Å². The zero-order valence-corrected chi connectivity index (χ0v) is 20.9. The number of halogens is 1. The van der Waals surface area contributed by atoms with Crippen LogP contribution in [0.4, 0.5) is 10.5 Å². The summed E-state index contributed by atoms with van der Waals surface area (Å²) in [5.41, 5.74) is 1.02. The van der Waals surface area contributed by atoms with Crippen molar-refractivity contribution in [3.05, 3.63) is 100 Å². The SMILES string of the molecule is O=C(O)c1ccc(C(=O)NC(Cc2ccccc2)C(=O)N2C(=O)O[C@]3(CCNC3)c3cc(Cl)ccc32)cc1. The highest BCUT2D eigenvalue weighted by molar-refractivity contribution is 6.31. The first kappa shape index (κ1) is 25.4. The first-order valence-corrected chi connectivity index (χ1v) is 12.4. The van der Waals surface area contributed by atoms with E-state index in [1.807, 2.05) is 30.3 Å². The molecule has 1 spiro atoms. The van der Waals surface area contributed by atoms with E-state index in [0.29, 0.717) is 35.8 Å². The van der Waals surface area contributed by atoms with Crippen LogP contribution in [-0.2, 0) is 21.6 Å². The lowest BCUT2D eigenvalue weighted by Crippen LogP contribution is -2.56. The molecule has 2 heterocycles. The van der Waals surface area contributed by atoms with Gasteiger partial charge < -0.3 is 20.5 Å². The molecule has 9 nitrogen and oxygen atoms in total. The van der Waals surface area contributed by atoms with Gasteiger partial charge in [0.1, 0.15) is 6.04 Å². The molecule has 2 aliphatic heterocycles. The highest BCUT2D eigenvalue weighted by Gasteiger charge is 2.49. The lowest BCUT2D eigenvalue weighted by molar-refractivity contribution is -0.120. The van der Waals surface area contributed by atoms with Crippen molar-refractivity contribution in [3.8, 4) is 0 Å². The summed E-state index contributed by atoms with van der Waals surface area (Å²) in [5, 5.41) is 15.5. The molecule has 1 saturated heterocycles. The van der Waals surface area contributed by atoms with E-state index in [1.54, 1.807) is 18.2 Å². The number of benzene rings is 3. The van der Waals surface area contributed by atoms with E-state index in [2.05, 4.69) is 10.6 Å². The number of carboxylic acid groups (broad SMARTS) is 1. The fourth-order valence-electron chi connectivity index (χ4n) is 4.84. The fourth-order valence-corrected chi connectivity index (χ4v) is 5.01. The molecule has 0 saturated carbocycles. The summed E-state index contributed by atoms with van der Waals surface area (Å²) in [6.45, 7) is 1.03. The van der Waals surface area contributed by atoms with E-state index in [9.17, 15) is 19.2 Å². The second-order valence-electron chi connectivity index (χ2n) is 9.22. The van der Waals surface area contributed by atoms with Crippen molar-refractivity contribution < 1.29 is 29.0 Å². The molecule has 10 heteroatoms. The predicted molar refractivity (Wildman–Crippen MR) is 139 cm³/mol. The molecule has 194 valence electrons. The lowest BCUT2D eigenvalue weighted by atomic mass is 9.89. The van der Waals surface area contributed by atoms with Crippen LogP contribution >= 0.6 is 11.6 Å². The van der Waals surface area contributed by atoms with E-state index >= 15 is 0 Å². The monoisotopic (exact) mass is 533 g/mol. The van der Waals surface area contributed by atoms with Gasteiger partial charge >= 0.3 is 12.1 Å². The van der Waals surface area contributed by atoms with Crippen LogP contribution in [0.15, 0.2) is 72.8 Å². The Morgan fingerprint density at radius 3 is 2.42 bits per heavy atom. The predicted octanol–water partition coefficient (Wildman–Crippen LogP) is 3.75. The Morgan fingerprint density at radius 1 is 1.05 bits per heavy atom. The summed E-state index contributed by atoms with van der Waals surface area (Å²) < 4.78 is 5.85. The quantitative estimate of drug-likeness (QED) is 0.440. The van der Waals surface area contributed by atoms with Gasteiger partial charge in [0.05, 0.1) is 11.3 Å². The third-order valence-corrected chi connectivity index (χ3v) is 7.01. The molecule has 3 aromatic carbocycles. The maximum Gasteiger partial charge on any atom is 0.422 e. The van der Waals surface area contributed by atoms with Crippen molar-refractivity contribution in [2.75, 3.05) is 18.0 Å². The van der Waals surface area contributed by atoms with Crippen molar-refractivity contribution in [1.82, 2.24) is 10.6 Å². The molecule has 1 fully saturated rings. The molecule has 2 atom stereocenters. The first-order chi connectivity index (χ1) is 18.3. The van der Waals surface area contributed by atoms with Gasteiger partial charge in [-0.1, -0.05) is 41.9 Å². The molecule has 0 aliphatic carbocycles. The number of fused-ring (bicyclic) bond motifs is 2. The number of carboxylic acids is 1. The van der Waals surface area contributed by atoms with Crippen molar-refractivity contribution in [3.63, 3.8) is 0 Å². The molecule has 3 amide bonds. The van der Waals surface area contributed by atoms with Crippen molar-refractivity contribution in [2.24, 2.45) is 0 Å². The largest absolute Gasteiger partial charge is 0.478 e. The molecule has 38 heavy (non-hydrogen) atoms. The normalized spacial score (nSPS) is 19.0. The number of hydrogen-bond acceptors (Lipinski definition) is 6. The molecule has 2 aliphatic rings. The van der Waals surface area contributed by atoms with E-state index in [-0.39, 0.29) is 17.5 Å². The van der Waals surface area contributed by atoms with E-state index in [0.717, 1.165) is 10.5 Å². The van der Waals surface area contributed by atoms with Crippen LogP contribution in [0.25, 0.3) is 0 Å². The molecule has 3 aromatic rings. The fraction of sp³-hybridized carbons (Fsp3) is 0.214. The van der Waals surface area contributed by atoms with Gasteiger partial charge in [-0.05, 0) is 54.6 Å². The second-order valence-corrected chi connectivity index (χ2v) is 9.66. The zero-order chi connectivity index (χ0) is 26.9. The number of nitrogens with zero attached hydrogens (tertiary/aromatic N) is 1. The molecule has 3 N–H and O–H groups in total. The number of carbonyl (C=O) groups is 4. The minimum atomic E-state index is -1.13. The Kier molecular flexibility index (Phi) is 6.88. The van der Waals surface area contributed by atoms with Crippen molar-refractivity contribution >= 4 is 41.2 Å². The number of ether oxygens (including phenoxy) is 1. The van der Waals surface area contributed by atoms with Gasteiger partial charge in [-0.15, -0.1) is 0 Å². The van der Waals surface area contributed by atoms with Gasteiger partial charge in [0.15, 0.2) is 5.60 Å². The summed E-state index contributed by atoms with van der Waals surface area (Å²) >= 11 is 6.28. The highest BCUT2D eigenvalue weighted by atomic mass is 35.5. The summed E-state index contributed by atoms with van der Waals surface area (Å²) in [6.07, 6.45) is -0.186. The van der Waals surface area contributed by atoms with Gasteiger partial charge in [0.25, 0.3) is 11.8 Å². The number of imide groups is 1. The summed E-state index contributed by atoms with van der Waals surface area (Å²) in [6, 6.07) is 18.2. The molecule has 0 aromatic heterocycles. The number of hydrogen-bond donors (Lipinski definition) is 3. The third kappa shape index (κ3) is 4.85. The van der Waals surface area contributed by atoms with E-state index in [4.69, 9.17) is 21.4 Å². The maximum absolute atomic E-state index is 14.0. The first-order valence-electron chi connectivity index (χ1n) is 12.0. The summed E-state index contributed by atoms with van der Waals surface area (Å²) in [4.78, 5) is 52.5. The molecule has 0 bridgehead atoms. The minimum absolute atomic E-state index is 0.0279. The minimum Gasteiger partial charge on any atom is -0.478 e. The molecule has 1 unspecified atom stereocenters. The van der Waals surface area contributed by atoms with Gasteiger partial charge in [-0.3, -0.25) is 9.59 Å². The lowest BCUT2D eigenvalue weighted by Gasteiger charge is -2.40. The Bertz CT molecular complexity index is 1400. The number of aromatic carboxylic acids is 1. The van der Waals surface area contributed by atoms with Crippen LogP contribution in [0.2, 0.25) is 5.02 Å². The van der Waals surface area contributed by atoms with E-state index < -0.39 is 35.5 Å². The maximum atomic E-state index is 14.0. The van der Waals surface area contributed by atoms with Crippen LogP contribution < -0.4 is 15.5 Å². The summed E-state index contributed by atoms with van der Waals surface area (Å²) in [5.74, 6) is -2.38. The Labute approximate surface area is 223 Å². The number of anilines is 1. The smallest absolute Gasteiger partial charge is 0.422 e. The molecular weight excluding hydrogens is 510 g/mol. The average Bonchev–Trinajstić information content (AvgIpc) is 3.38. The van der Waals surface area contributed by atoms with Crippen LogP contribution in [0.3, 0.4) is 0 Å². The Morgan fingerprint density at radius 2 is 1.76 bits per heavy atom. The van der Waals surface area contributed by atoms with Gasteiger partial charge in [0, 0.05) is 35.5 Å². The van der Waals surface area contributed by atoms with Gasteiger partial charge in [0.2, 0.25) is 0 Å². The number of nitrogens with one attached hydrogen (secondary N) is 2. The summed E-state index contributed by atoms with van der Waals surface area (Å²) in [7, 11) is 0. The average molecular weight is 534 g/mol. The highest BCUT2D eigenvalue weighted by Crippen LogP contribution is 2.44. The molecule has 5 rings (SSSR count). The number of rotatable bonds is 6. The second kappa shape index (κ2) is 10.3. The number of carbonyl (C=O) groups excluding carboxylic acids is 3. The topological polar surface area (TPSA) is 125 Å². The van der Waals surface area contributed by atoms with Gasteiger partial charge in [-0.25, -0.2) is 14.5 Å². The van der Waals surface area contributed by atoms with E-state index in [1.165, 1.54) is 24.3 Å². The zero-order valence-electron chi connectivity index (χ0n) is 20.1. The standard InChI is InChI=1S/C28H24ClN3O6/c29-20-10-11-23-21(15-20)28(12-13-30-16-28)38-27(37)32(23)25(34)22(14-17-4-2-1-3-5-17)31-24(33)18-6-8-19(9-7-18)26(35)36/h1-11,15,22,30H,12-14,16H2,(H,31,33)(H,35,36)/t22?,28-/m0/s1. The van der Waals surface area contributed by atoms with Crippen LogP contribution in [0.1, 0.15) is 38.3 Å². The van der Waals surface area contributed by atoms with Gasteiger partial charge in [-0.2, -0.15) is 0 Å². The number of amides is 3. The third-order valence-electron chi connectivity index (χ3n) is 6.77. The Balaban J connectivity index is 1.49.